The molecule has 0 aliphatic carbocycles. The van der Waals surface area contributed by atoms with E-state index in [1.807, 2.05) is 37.3 Å². The number of hydrogen-bond acceptors (Lipinski definition) is 4. The second kappa shape index (κ2) is 8.65. The maximum Gasteiger partial charge on any atom is 0.338 e. The van der Waals surface area contributed by atoms with Crippen molar-refractivity contribution in [1.29, 1.82) is 5.26 Å². The van der Waals surface area contributed by atoms with Crippen LogP contribution >= 0.6 is 0 Å². The van der Waals surface area contributed by atoms with Gasteiger partial charge in [-0.25, -0.2) is 4.79 Å². The molecule has 128 valence electrons. The number of benzene rings is 2. The minimum atomic E-state index is -0.632. The molecule has 5 heteroatoms. The van der Waals surface area contributed by atoms with Crippen molar-refractivity contribution in [3.63, 3.8) is 0 Å². The van der Waals surface area contributed by atoms with Crippen LogP contribution in [0.3, 0.4) is 0 Å². The summed E-state index contributed by atoms with van der Waals surface area (Å²) in [6.07, 6.45) is 0.962. The predicted molar refractivity (Wildman–Crippen MR) is 93.8 cm³/mol. The smallest absolute Gasteiger partial charge is 0.338 e. The van der Waals surface area contributed by atoms with Crippen molar-refractivity contribution >= 4 is 11.9 Å². The van der Waals surface area contributed by atoms with Gasteiger partial charge in [-0.1, -0.05) is 37.3 Å². The van der Waals surface area contributed by atoms with Crippen molar-refractivity contribution < 1.29 is 14.3 Å². The Morgan fingerprint density at radius 3 is 2.56 bits per heavy atom. The lowest BCUT2D eigenvalue weighted by Crippen LogP contribution is -2.31. The first-order valence-electron chi connectivity index (χ1n) is 8.09. The van der Waals surface area contributed by atoms with Crippen molar-refractivity contribution in [1.82, 2.24) is 5.32 Å². The van der Waals surface area contributed by atoms with Gasteiger partial charge in [-0.2, -0.15) is 5.26 Å². The first kappa shape index (κ1) is 18.2. The Labute approximate surface area is 147 Å². The molecule has 0 aliphatic heterocycles. The second-order valence-electron chi connectivity index (χ2n) is 5.65. The van der Waals surface area contributed by atoms with Gasteiger partial charge in [0.05, 0.1) is 23.2 Å². The molecule has 1 N–H and O–H groups in total. The third kappa shape index (κ3) is 5.18. The van der Waals surface area contributed by atoms with Crippen molar-refractivity contribution in [2.75, 3.05) is 6.61 Å². The van der Waals surface area contributed by atoms with Crippen LogP contribution in [0.2, 0.25) is 0 Å². The number of aryl methyl sites for hydroxylation is 1. The molecule has 2 aromatic carbocycles. The highest BCUT2D eigenvalue weighted by Gasteiger charge is 2.13. The van der Waals surface area contributed by atoms with E-state index in [-0.39, 0.29) is 24.1 Å². The summed E-state index contributed by atoms with van der Waals surface area (Å²) in [6.45, 7) is 3.59. The molecule has 0 saturated heterocycles. The Morgan fingerprint density at radius 1 is 1.20 bits per heavy atom. The van der Waals surface area contributed by atoms with Crippen LogP contribution in [0.5, 0.6) is 0 Å². The number of nitrogens with zero attached hydrogens (tertiary/aromatic N) is 1. The van der Waals surface area contributed by atoms with Crippen LogP contribution in [0.1, 0.15) is 46.9 Å². The minimum Gasteiger partial charge on any atom is -0.452 e. The molecule has 0 bridgehead atoms. The van der Waals surface area contributed by atoms with Crippen molar-refractivity contribution in [3.8, 4) is 6.07 Å². The zero-order valence-electron chi connectivity index (χ0n) is 14.3. The first-order valence-corrected chi connectivity index (χ1v) is 8.09. The van der Waals surface area contributed by atoms with Crippen molar-refractivity contribution in [2.24, 2.45) is 0 Å². The molecule has 0 unspecified atom stereocenters. The predicted octanol–water partition coefficient (Wildman–Crippen LogP) is 3.15. The lowest BCUT2D eigenvalue weighted by atomic mass is 10.1. The van der Waals surface area contributed by atoms with E-state index in [0.29, 0.717) is 5.56 Å². The maximum atomic E-state index is 12.0. The van der Waals surface area contributed by atoms with E-state index < -0.39 is 5.97 Å². The topological polar surface area (TPSA) is 79.2 Å². The Bertz CT molecular complexity index is 791. The van der Waals surface area contributed by atoms with Gasteiger partial charge in [0, 0.05) is 0 Å². The minimum absolute atomic E-state index is 0.181. The Morgan fingerprint density at radius 2 is 1.92 bits per heavy atom. The third-order valence-electron chi connectivity index (χ3n) is 3.83. The molecule has 2 rings (SSSR count). The number of nitriles is 1. The normalized spacial score (nSPS) is 11.2. The summed E-state index contributed by atoms with van der Waals surface area (Å²) >= 11 is 0. The highest BCUT2D eigenvalue weighted by atomic mass is 16.5. The summed E-state index contributed by atoms with van der Waals surface area (Å²) in [5.74, 6) is -1.01. The monoisotopic (exact) mass is 336 g/mol. The van der Waals surface area contributed by atoms with E-state index >= 15 is 0 Å². The first-order chi connectivity index (χ1) is 12.0. The Balaban J connectivity index is 1.87. The van der Waals surface area contributed by atoms with Crippen LogP contribution in [0.25, 0.3) is 0 Å². The molecule has 25 heavy (non-hydrogen) atoms. The molecule has 2 aromatic rings. The number of rotatable bonds is 6. The zero-order valence-corrected chi connectivity index (χ0v) is 14.3. The molecular weight excluding hydrogens is 316 g/mol. The molecule has 0 radical (unpaired) electrons. The van der Waals surface area contributed by atoms with Gasteiger partial charge in [-0.05, 0) is 42.7 Å². The van der Waals surface area contributed by atoms with E-state index in [9.17, 15) is 9.59 Å². The molecule has 0 fully saturated rings. The number of esters is 1. The molecule has 0 heterocycles. The second-order valence-corrected chi connectivity index (χ2v) is 5.65. The molecule has 0 aromatic heterocycles. The fourth-order valence-corrected chi connectivity index (χ4v) is 2.34. The number of ether oxygens (including phenoxy) is 1. The summed E-state index contributed by atoms with van der Waals surface area (Å²) in [4.78, 5) is 23.9. The average Bonchev–Trinajstić information content (AvgIpc) is 2.66. The van der Waals surface area contributed by atoms with Gasteiger partial charge in [0.15, 0.2) is 6.61 Å². The van der Waals surface area contributed by atoms with Gasteiger partial charge in [0.2, 0.25) is 0 Å². The van der Waals surface area contributed by atoms with Gasteiger partial charge >= 0.3 is 5.97 Å². The van der Waals surface area contributed by atoms with Gasteiger partial charge in [0.25, 0.3) is 5.91 Å². The number of amides is 1. The van der Waals surface area contributed by atoms with E-state index in [1.165, 1.54) is 11.6 Å². The van der Waals surface area contributed by atoms with E-state index in [4.69, 9.17) is 10.00 Å². The number of carbonyl (C=O) groups is 2. The van der Waals surface area contributed by atoms with Gasteiger partial charge < -0.3 is 10.1 Å². The fourth-order valence-electron chi connectivity index (χ4n) is 2.34. The maximum absolute atomic E-state index is 12.0. The summed E-state index contributed by atoms with van der Waals surface area (Å²) < 4.78 is 5.00. The largest absolute Gasteiger partial charge is 0.452 e. The average molecular weight is 336 g/mol. The Kier molecular flexibility index (Phi) is 6.30. The van der Waals surface area contributed by atoms with Gasteiger partial charge in [-0.15, -0.1) is 0 Å². The third-order valence-corrected chi connectivity index (χ3v) is 3.83. The number of nitrogens with one attached hydrogen (secondary N) is 1. The van der Waals surface area contributed by atoms with Crippen molar-refractivity contribution in [3.05, 3.63) is 70.8 Å². The van der Waals surface area contributed by atoms with Crippen molar-refractivity contribution in [2.45, 2.75) is 26.3 Å². The lowest BCUT2D eigenvalue weighted by molar-refractivity contribution is -0.124. The summed E-state index contributed by atoms with van der Waals surface area (Å²) in [5.41, 5.74) is 2.83. The SMILES string of the molecule is CCc1ccc([C@H](C)NC(=O)COC(=O)c2cccc(C#N)c2)cc1. The van der Waals surface area contributed by atoms with Crippen LogP contribution in [-0.4, -0.2) is 18.5 Å². The van der Waals surface area contributed by atoms with Gasteiger partial charge in [-0.3, -0.25) is 4.79 Å². The van der Waals surface area contributed by atoms with E-state index in [1.54, 1.807) is 18.2 Å². The summed E-state index contributed by atoms with van der Waals surface area (Å²) in [6, 6.07) is 15.9. The lowest BCUT2D eigenvalue weighted by Gasteiger charge is -2.15. The van der Waals surface area contributed by atoms with Gasteiger partial charge in [0.1, 0.15) is 0 Å². The molecule has 0 spiro atoms. The van der Waals surface area contributed by atoms with Crippen LogP contribution in [0, 0.1) is 11.3 Å². The highest BCUT2D eigenvalue weighted by molar-refractivity contribution is 5.91. The standard InChI is InChI=1S/C20H20N2O3/c1-3-15-7-9-17(10-8-15)14(2)22-19(23)13-25-20(24)18-6-4-5-16(11-18)12-21/h4-11,14H,3,13H2,1-2H3,(H,22,23)/t14-/m0/s1. The molecule has 1 atom stereocenters. The molecule has 0 saturated carbocycles. The zero-order chi connectivity index (χ0) is 18.2. The van der Waals surface area contributed by atoms with Crippen LogP contribution < -0.4 is 5.32 Å². The number of hydrogen-bond donors (Lipinski definition) is 1. The summed E-state index contributed by atoms with van der Waals surface area (Å²) in [7, 11) is 0. The van der Waals surface area contributed by atoms with E-state index in [2.05, 4.69) is 12.2 Å². The molecule has 1 amide bonds. The summed E-state index contributed by atoms with van der Waals surface area (Å²) in [5, 5.41) is 11.6. The quantitative estimate of drug-likeness (QED) is 0.822. The van der Waals surface area contributed by atoms with Crippen LogP contribution in [0.4, 0.5) is 0 Å². The molecular formula is C20H20N2O3. The van der Waals surface area contributed by atoms with E-state index in [0.717, 1.165) is 12.0 Å². The fraction of sp³-hybridized carbons (Fsp3) is 0.250. The molecule has 5 nitrogen and oxygen atoms in total. The number of carbonyl (C=O) groups excluding carboxylic acids is 2. The Hall–Kier alpha value is -3.13. The highest BCUT2D eigenvalue weighted by Crippen LogP contribution is 2.13. The molecule has 0 aliphatic rings. The van der Waals surface area contributed by atoms with Crippen LogP contribution in [-0.2, 0) is 16.0 Å². The van der Waals surface area contributed by atoms with Crippen LogP contribution in [0.15, 0.2) is 48.5 Å².